The Kier molecular flexibility index (Phi) is 5.78. The first-order valence-corrected chi connectivity index (χ1v) is 12.1. The van der Waals surface area contributed by atoms with Crippen LogP contribution in [0.25, 0.3) is 16.7 Å². The van der Waals surface area contributed by atoms with Crippen LogP contribution in [0.15, 0.2) is 65.1 Å². The number of rotatable bonds is 6. The molecule has 0 unspecified atom stereocenters. The molecule has 1 aliphatic carbocycles. The Morgan fingerprint density at radius 1 is 1.17 bits per heavy atom. The number of anilines is 3. The molecular formula is C26H27N9O. The molecule has 0 atom stereocenters. The van der Waals surface area contributed by atoms with E-state index in [9.17, 15) is 0 Å². The smallest absolute Gasteiger partial charge is 0.158 e. The number of nitrogens with one attached hydrogen (secondary N) is 2. The highest BCUT2D eigenvalue weighted by atomic mass is 16.6. The van der Waals surface area contributed by atoms with Crippen molar-refractivity contribution in [2.24, 2.45) is 4.99 Å². The summed E-state index contributed by atoms with van der Waals surface area (Å²) in [7, 11) is 0. The van der Waals surface area contributed by atoms with Gasteiger partial charge in [0.25, 0.3) is 0 Å². The van der Waals surface area contributed by atoms with Gasteiger partial charge in [0.2, 0.25) is 0 Å². The van der Waals surface area contributed by atoms with Crippen molar-refractivity contribution in [1.29, 1.82) is 0 Å². The molecule has 0 radical (unpaired) electrons. The normalized spacial score (nSPS) is 16.3. The van der Waals surface area contributed by atoms with E-state index in [0.29, 0.717) is 34.2 Å². The average molecular weight is 482 g/mol. The average Bonchev–Trinajstić information content (AvgIpc) is 3.64. The fourth-order valence-electron chi connectivity index (χ4n) is 4.53. The molecule has 0 amide bonds. The van der Waals surface area contributed by atoms with Gasteiger partial charge in [-0.05, 0) is 58.9 Å². The van der Waals surface area contributed by atoms with Gasteiger partial charge in [0.15, 0.2) is 5.52 Å². The maximum absolute atomic E-state index is 6.50. The van der Waals surface area contributed by atoms with Gasteiger partial charge < -0.3 is 21.3 Å². The second-order valence-corrected chi connectivity index (χ2v) is 9.08. The minimum Gasteiger partial charge on any atom is -0.397 e. The van der Waals surface area contributed by atoms with E-state index in [4.69, 9.17) is 15.4 Å². The Morgan fingerprint density at radius 3 is 2.86 bits per heavy atom. The van der Waals surface area contributed by atoms with Crippen molar-refractivity contribution < 1.29 is 4.63 Å². The molecule has 2 fully saturated rings. The van der Waals surface area contributed by atoms with Crippen molar-refractivity contribution in [2.75, 3.05) is 37.2 Å². The van der Waals surface area contributed by atoms with E-state index in [1.807, 2.05) is 36.5 Å². The van der Waals surface area contributed by atoms with Crippen molar-refractivity contribution >= 4 is 39.8 Å². The largest absolute Gasteiger partial charge is 0.397 e. The van der Waals surface area contributed by atoms with Gasteiger partial charge in [-0.1, -0.05) is 12.6 Å². The first kappa shape index (κ1) is 22.2. The molecule has 182 valence electrons. The molecular weight excluding hydrogens is 454 g/mol. The van der Waals surface area contributed by atoms with E-state index in [1.165, 1.54) is 5.56 Å². The fourth-order valence-corrected chi connectivity index (χ4v) is 4.53. The Hall–Kier alpha value is -4.31. The Bertz CT molecular complexity index is 1450. The number of nitrogen functional groups attached to an aromatic ring is 1. The topological polar surface area (TPSA) is 130 Å². The second-order valence-electron chi connectivity index (χ2n) is 9.08. The number of fused-ring (bicyclic) bond motifs is 1. The van der Waals surface area contributed by atoms with Crippen molar-refractivity contribution in [3.63, 3.8) is 0 Å². The van der Waals surface area contributed by atoms with Gasteiger partial charge in [-0.15, -0.1) is 0 Å². The molecule has 1 aromatic carbocycles. The van der Waals surface area contributed by atoms with Crippen molar-refractivity contribution in [3.05, 3.63) is 72.2 Å². The number of hydrogen-bond donors (Lipinski definition) is 3. The zero-order valence-corrected chi connectivity index (χ0v) is 19.8. The zero-order valence-electron chi connectivity index (χ0n) is 19.8. The molecule has 4 N–H and O–H groups in total. The number of nitrogens with two attached hydrogens (primary N) is 1. The van der Waals surface area contributed by atoms with E-state index < -0.39 is 0 Å². The number of benzene rings is 1. The highest BCUT2D eigenvalue weighted by molar-refractivity contribution is 6.06. The molecule has 0 bridgehead atoms. The van der Waals surface area contributed by atoms with Gasteiger partial charge in [-0.2, -0.15) is 0 Å². The Balaban J connectivity index is 1.35. The maximum atomic E-state index is 6.50. The van der Waals surface area contributed by atoms with Gasteiger partial charge in [0.1, 0.15) is 17.2 Å². The van der Waals surface area contributed by atoms with Crippen LogP contribution in [0.4, 0.5) is 17.2 Å². The van der Waals surface area contributed by atoms with Crippen LogP contribution in [0.1, 0.15) is 35.4 Å². The summed E-state index contributed by atoms with van der Waals surface area (Å²) in [5.41, 5.74) is 12.9. The van der Waals surface area contributed by atoms with Crippen LogP contribution in [0.5, 0.6) is 0 Å². The van der Waals surface area contributed by atoms with Crippen LogP contribution in [-0.4, -0.2) is 57.2 Å². The first-order chi connectivity index (χ1) is 17.7. The molecule has 10 heteroatoms. The molecule has 3 aromatic heterocycles. The lowest BCUT2D eigenvalue weighted by atomic mass is 10.0. The lowest BCUT2D eigenvalue weighted by Gasteiger charge is -2.32. The van der Waals surface area contributed by atoms with E-state index in [0.717, 1.165) is 61.7 Å². The quantitative estimate of drug-likeness (QED) is 0.279. The lowest BCUT2D eigenvalue weighted by molar-refractivity contribution is 0.315. The van der Waals surface area contributed by atoms with E-state index in [2.05, 4.69) is 42.4 Å². The Morgan fingerprint density at radius 2 is 2.03 bits per heavy atom. The molecule has 1 saturated carbocycles. The molecule has 36 heavy (non-hydrogen) atoms. The fraction of sp³-hybridized carbons (Fsp3) is 0.269. The first-order valence-electron chi connectivity index (χ1n) is 12.1. The van der Waals surface area contributed by atoms with Crippen molar-refractivity contribution in [2.45, 2.75) is 18.8 Å². The minimum atomic E-state index is 0.489. The number of amidine groups is 1. The highest BCUT2D eigenvalue weighted by Crippen LogP contribution is 2.43. The minimum absolute atomic E-state index is 0.489. The van der Waals surface area contributed by atoms with Crippen LogP contribution in [0, 0.1) is 0 Å². The molecule has 2 aliphatic rings. The predicted molar refractivity (Wildman–Crippen MR) is 140 cm³/mol. The summed E-state index contributed by atoms with van der Waals surface area (Å²) in [4.78, 5) is 16.2. The van der Waals surface area contributed by atoms with Gasteiger partial charge in [0, 0.05) is 49.7 Å². The van der Waals surface area contributed by atoms with E-state index in [1.54, 1.807) is 12.4 Å². The van der Waals surface area contributed by atoms with E-state index >= 15 is 0 Å². The van der Waals surface area contributed by atoms with Crippen LogP contribution >= 0.6 is 0 Å². The summed E-state index contributed by atoms with van der Waals surface area (Å²) in [6.45, 7) is 7.78. The third-order valence-corrected chi connectivity index (χ3v) is 6.54. The van der Waals surface area contributed by atoms with Gasteiger partial charge in [-0.3, -0.25) is 4.98 Å². The summed E-state index contributed by atoms with van der Waals surface area (Å²) in [6, 6.07) is 9.46. The zero-order chi connectivity index (χ0) is 24.5. The molecule has 4 aromatic rings. The molecule has 4 heterocycles. The number of hydrogen-bond acceptors (Lipinski definition) is 9. The number of pyridine rings is 2. The summed E-state index contributed by atoms with van der Waals surface area (Å²) in [6.07, 6.45) is 7.70. The standard InChI is InChI=1S/C26H27N9O/c1-16(18-7-8-30-23(13-18)32-21-3-2-4-22-25(21)34-36-33-22)31-26(35-11-9-28-10-12-35)24-19(17-5-6-17)14-29-15-20(24)27/h2-4,7-8,13-15,17,28H,1,5-6,9-12,27H2,(H,30,32). The van der Waals surface area contributed by atoms with Gasteiger partial charge in [0.05, 0.1) is 23.3 Å². The van der Waals surface area contributed by atoms with Crippen LogP contribution in [0.2, 0.25) is 0 Å². The monoisotopic (exact) mass is 481 g/mol. The van der Waals surface area contributed by atoms with Gasteiger partial charge >= 0.3 is 0 Å². The highest BCUT2D eigenvalue weighted by Gasteiger charge is 2.31. The Labute approximate surface area is 208 Å². The third-order valence-electron chi connectivity index (χ3n) is 6.54. The number of piperazine rings is 1. The molecule has 1 saturated heterocycles. The third kappa shape index (κ3) is 4.38. The maximum Gasteiger partial charge on any atom is 0.158 e. The predicted octanol–water partition coefficient (Wildman–Crippen LogP) is 3.54. The number of aliphatic imine (C=N–C) groups is 1. The van der Waals surface area contributed by atoms with Gasteiger partial charge in [-0.25, -0.2) is 14.6 Å². The molecule has 6 rings (SSSR count). The van der Waals surface area contributed by atoms with Crippen LogP contribution in [0.3, 0.4) is 0 Å². The van der Waals surface area contributed by atoms with E-state index in [-0.39, 0.29) is 0 Å². The molecule has 0 spiro atoms. The lowest BCUT2D eigenvalue weighted by Crippen LogP contribution is -2.47. The van der Waals surface area contributed by atoms with Crippen LogP contribution < -0.4 is 16.4 Å². The number of nitrogens with zero attached hydrogens (tertiary/aromatic N) is 6. The summed E-state index contributed by atoms with van der Waals surface area (Å²) in [5.74, 6) is 1.99. The second kappa shape index (κ2) is 9.38. The van der Waals surface area contributed by atoms with Crippen molar-refractivity contribution in [3.8, 4) is 0 Å². The summed E-state index contributed by atoms with van der Waals surface area (Å²) in [5, 5.41) is 14.6. The van der Waals surface area contributed by atoms with Crippen LogP contribution in [-0.2, 0) is 0 Å². The number of aromatic nitrogens is 4. The SMILES string of the molecule is C=C(N=C(c1c(N)cncc1C1CC1)N1CCNCC1)c1ccnc(Nc2cccc3nonc23)c1. The summed E-state index contributed by atoms with van der Waals surface area (Å²) >= 11 is 0. The molecule has 10 nitrogen and oxygen atoms in total. The summed E-state index contributed by atoms with van der Waals surface area (Å²) < 4.78 is 4.87. The van der Waals surface area contributed by atoms with Crippen molar-refractivity contribution in [1.82, 2.24) is 30.5 Å². The molecule has 1 aliphatic heterocycles.